The van der Waals surface area contributed by atoms with E-state index in [0.29, 0.717) is 27.7 Å². The molecule has 28 heavy (non-hydrogen) atoms. The van der Waals surface area contributed by atoms with E-state index in [9.17, 15) is 4.79 Å². The maximum atomic E-state index is 12.1. The fourth-order valence-corrected chi connectivity index (χ4v) is 4.03. The van der Waals surface area contributed by atoms with E-state index >= 15 is 0 Å². The van der Waals surface area contributed by atoms with E-state index in [2.05, 4.69) is 30.7 Å². The predicted molar refractivity (Wildman–Crippen MR) is 112 cm³/mol. The van der Waals surface area contributed by atoms with Gasteiger partial charge in [0.05, 0.1) is 25.4 Å². The summed E-state index contributed by atoms with van der Waals surface area (Å²) in [5.74, 6) is 1.35. The van der Waals surface area contributed by atoms with E-state index in [1.807, 2.05) is 24.1 Å². The van der Waals surface area contributed by atoms with Crippen molar-refractivity contribution in [1.29, 1.82) is 0 Å². The van der Waals surface area contributed by atoms with Crippen molar-refractivity contribution >= 4 is 39.7 Å². The molecule has 1 aromatic carbocycles. The monoisotopic (exact) mass is 400 g/mol. The topological polar surface area (TPSA) is 90.6 Å². The number of anilines is 2. The molecule has 2 heterocycles. The zero-order valence-electron chi connectivity index (χ0n) is 16.9. The van der Waals surface area contributed by atoms with Gasteiger partial charge in [0.1, 0.15) is 17.0 Å². The number of carbonyl (C=O) groups excluding carboxylic acids is 1. The van der Waals surface area contributed by atoms with Crippen LogP contribution >= 0.6 is 11.3 Å². The molecule has 0 spiro atoms. The molecular weight excluding hydrogens is 376 g/mol. The van der Waals surface area contributed by atoms with Crippen molar-refractivity contribution in [3.05, 3.63) is 34.3 Å². The maximum Gasteiger partial charge on any atom is 0.260 e. The average molecular weight is 401 g/mol. The number of rotatable bonds is 5. The second-order valence-electron chi connectivity index (χ2n) is 7.42. The summed E-state index contributed by atoms with van der Waals surface area (Å²) in [6.07, 6.45) is 1.49. The molecule has 148 valence electrons. The lowest BCUT2D eigenvalue weighted by Gasteiger charge is -2.20. The highest BCUT2D eigenvalue weighted by Crippen LogP contribution is 2.41. The third-order valence-corrected chi connectivity index (χ3v) is 6.04. The first-order valence-electron chi connectivity index (χ1n) is 8.72. The third-order valence-electron chi connectivity index (χ3n) is 4.47. The summed E-state index contributed by atoms with van der Waals surface area (Å²) in [6.45, 7) is 6.31. The summed E-state index contributed by atoms with van der Waals surface area (Å²) in [5.41, 5.74) is 6.99. The number of hydrogen-bond donors (Lipinski definition) is 1. The summed E-state index contributed by atoms with van der Waals surface area (Å²) in [7, 11) is 5.02. The predicted octanol–water partition coefficient (Wildman–Crippen LogP) is 3.87. The van der Waals surface area contributed by atoms with E-state index in [1.54, 1.807) is 20.3 Å². The zero-order chi connectivity index (χ0) is 20.6. The van der Waals surface area contributed by atoms with E-state index in [-0.39, 0.29) is 5.41 Å². The molecular formula is C20H24N4O3S. The number of methoxy groups -OCH3 is 2. The molecule has 2 N–H and O–H groups in total. The zero-order valence-corrected chi connectivity index (χ0v) is 17.7. The smallest absolute Gasteiger partial charge is 0.260 e. The third kappa shape index (κ3) is 3.47. The summed E-state index contributed by atoms with van der Waals surface area (Å²) < 4.78 is 10.8. The van der Waals surface area contributed by atoms with Crippen molar-refractivity contribution in [2.75, 3.05) is 26.2 Å². The van der Waals surface area contributed by atoms with Crippen molar-refractivity contribution < 1.29 is 14.3 Å². The van der Waals surface area contributed by atoms with Gasteiger partial charge in [0, 0.05) is 23.4 Å². The van der Waals surface area contributed by atoms with Gasteiger partial charge in [-0.05, 0) is 17.5 Å². The van der Waals surface area contributed by atoms with Crippen molar-refractivity contribution in [3.63, 3.8) is 0 Å². The molecule has 7 nitrogen and oxygen atoms in total. The number of nitrogens with zero attached hydrogens (tertiary/aromatic N) is 3. The molecule has 0 saturated carbocycles. The number of nitrogens with two attached hydrogens (primary N) is 1. The van der Waals surface area contributed by atoms with Crippen LogP contribution in [0.1, 0.15) is 35.3 Å². The van der Waals surface area contributed by atoms with Crippen molar-refractivity contribution in [1.82, 2.24) is 9.97 Å². The molecule has 0 atom stereocenters. The summed E-state index contributed by atoms with van der Waals surface area (Å²) in [4.78, 5) is 24.3. The van der Waals surface area contributed by atoms with Crippen LogP contribution in [0.15, 0.2) is 24.5 Å². The minimum Gasteiger partial charge on any atom is -0.493 e. The lowest BCUT2D eigenvalue weighted by atomic mass is 9.94. The van der Waals surface area contributed by atoms with Gasteiger partial charge in [-0.25, -0.2) is 9.97 Å². The Morgan fingerprint density at radius 2 is 1.75 bits per heavy atom. The van der Waals surface area contributed by atoms with Crippen LogP contribution in [0.4, 0.5) is 11.5 Å². The Morgan fingerprint density at radius 1 is 1.11 bits per heavy atom. The van der Waals surface area contributed by atoms with Crippen LogP contribution in [0.5, 0.6) is 11.5 Å². The van der Waals surface area contributed by atoms with Gasteiger partial charge < -0.3 is 20.1 Å². The van der Waals surface area contributed by atoms with Crippen LogP contribution in [0.3, 0.4) is 0 Å². The number of thiophene rings is 1. The largest absolute Gasteiger partial charge is 0.493 e. The molecule has 3 rings (SSSR count). The molecule has 1 amide bonds. The Labute approximate surface area is 168 Å². The van der Waals surface area contributed by atoms with Crippen LogP contribution in [-0.2, 0) is 5.41 Å². The first-order chi connectivity index (χ1) is 13.2. The lowest BCUT2D eigenvalue weighted by Crippen LogP contribution is -2.17. The first kappa shape index (κ1) is 19.9. The lowest BCUT2D eigenvalue weighted by molar-refractivity contribution is 0.100. The number of benzene rings is 1. The summed E-state index contributed by atoms with van der Waals surface area (Å²) in [5, 5.41) is 0.779. The first-order valence-corrected chi connectivity index (χ1v) is 9.53. The fourth-order valence-electron chi connectivity index (χ4n) is 2.93. The summed E-state index contributed by atoms with van der Waals surface area (Å²) >= 11 is 1.41. The molecule has 3 aromatic rings. The van der Waals surface area contributed by atoms with Gasteiger partial charge in [-0.2, -0.15) is 0 Å². The summed E-state index contributed by atoms with van der Waals surface area (Å²) in [6, 6.07) is 5.64. The van der Waals surface area contributed by atoms with Crippen LogP contribution in [0, 0.1) is 0 Å². The molecule has 0 fully saturated rings. The minimum atomic E-state index is -0.458. The molecule has 0 aliphatic carbocycles. The Balaban J connectivity index is 2.20. The van der Waals surface area contributed by atoms with Crippen LogP contribution < -0.4 is 20.1 Å². The van der Waals surface area contributed by atoms with Gasteiger partial charge in [-0.3, -0.25) is 4.79 Å². The number of ether oxygens (including phenoxy) is 2. The molecule has 0 bridgehead atoms. The number of aromatic nitrogens is 2. The van der Waals surface area contributed by atoms with Gasteiger partial charge >= 0.3 is 0 Å². The van der Waals surface area contributed by atoms with E-state index in [1.165, 1.54) is 17.7 Å². The molecule has 8 heteroatoms. The number of hydrogen-bond acceptors (Lipinski definition) is 7. The second kappa shape index (κ2) is 7.27. The average Bonchev–Trinajstić information content (AvgIpc) is 3.12. The molecule has 0 aliphatic heterocycles. The minimum absolute atomic E-state index is 0.0989. The number of carbonyl (C=O) groups is 1. The molecule has 2 aromatic heterocycles. The Hall–Kier alpha value is -2.87. The van der Waals surface area contributed by atoms with Crippen molar-refractivity contribution in [3.8, 4) is 11.5 Å². The van der Waals surface area contributed by atoms with E-state index in [0.717, 1.165) is 16.0 Å². The second-order valence-corrected chi connectivity index (χ2v) is 8.47. The molecule has 0 aliphatic rings. The van der Waals surface area contributed by atoms with Crippen LogP contribution in [0.25, 0.3) is 10.9 Å². The SMILES string of the molecule is COc1cc2ncnc(N(C)c3cc(C(C)(C)C)sc3C(N)=O)c2cc1OC. The highest BCUT2D eigenvalue weighted by Gasteiger charge is 2.25. The van der Waals surface area contributed by atoms with Gasteiger partial charge in [-0.15, -0.1) is 11.3 Å². The van der Waals surface area contributed by atoms with Crippen molar-refractivity contribution in [2.45, 2.75) is 26.2 Å². The number of amides is 1. The van der Waals surface area contributed by atoms with Gasteiger partial charge in [-0.1, -0.05) is 20.8 Å². The Morgan fingerprint density at radius 3 is 2.32 bits per heavy atom. The molecule has 0 saturated heterocycles. The number of fused-ring (bicyclic) bond motifs is 1. The van der Waals surface area contributed by atoms with Gasteiger partial charge in [0.15, 0.2) is 11.5 Å². The maximum absolute atomic E-state index is 12.1. The van der Waals surface area contributed by atoms with Gasteiger partial charge in [0.2, 0.25) is 0 Å². The number of primary amides is 1. The van der Waals surface area contributed by atoms with Gasteiger partial charge in [0.25, 0.3) is 5.91 Å². The standard InChI is InChI=1S/C20H24N4O3S/c1-20(2,3)16-9-13(17(28-16)18(21)25)24(4)19-11-7-14(26-5)15(27-6)8-12(11)22-10-23-19/h7-10H,1-6H3,(H2,21,25). The fraction of sp³-hybridized carbons (Fsp3) is 0.350. The van der Waals surface area contributed by atoms with Crippen molar-refractivity contribution in [2.24, 2.45) is 5.73 Å². The Bertz CT molecular complexity index is 1040. The van der Waals surface area contributed by atoms with Crippen LogP contribution in [0.2, 0.25) is 0 Å². The van der Waals surface area contributed by atoms with E-state index in [4.69, 9.17) is 15.2 Å². The molecule has 0 unspecified atom stereocenters. The highest BCUT2D eigenvalue weighted by atomic mass is 32.1. The quantitative estimate of drug-likeness (QED) is 0.699. The molecule has 0 radical (unpaired) electrons. The van der Waals surface area contributed by atoms with Crippen LogP contribution in [-0.4, -0.2) is 37.1 Å². The highest BCUT2D eigenvalue weighted by molar-refractivity contribution is 7.14. The normalized spacial score (nSPS) is 11.5. The van der Waals surface area contributed by atoms with E-state index < -0.39 is 5.91 Å². The Kier molecular flexibility index (Phi) is 5.16.